The first-order valence-electron chi connectivity index (χ1n) is 26.5. The molecule has 0 spiro atoms. The van der Waals surface area contributed by atoms with E-state index in [9.17, 15) is 79.2 Å². The van der Waals surface area contributed by atoms with Crippen LogP contribution in [0.5, 0.6) is 0 Å². The number of benzene rings is 4. The Bertz CT molecular complexity index is 3240. The van der Waals surface area contributed by atoms with Gasteiger partial charge < -0.3 is 88.4 Å². The van der Waals surface area contributed by atoms with Crippen molar-refractivity contribution in [1.82, 2.24) is 5.32 Å². The number of carboxylic acids is 1. The average Bonchev–Trinajstić information content (AvgIpc) is 1.40. The van der Waals surface area contributed by atoms with E-state index in [1.807, 2.05) is 0 Å². The summed E-state index contributed by atoms with van der Waals surface area (Å²) in [5, 5.41) is 93.5. The molecule has 12 atom stereocenters. The van der Waals surface area contributed by atoms with E-state index in [0.29, 0.717) is 33.4 Å². The van der Waals surface area contributed by atoms with Crippen LogP contribution in [0.2, 0.25) is 0 Å². The lowest BCUT2D eigenvalue weighted by Gasteiger charge is -2.42. The first kappa shape index (κ1) is 61.7. The molecule has 2 aliphatic heterocycles. The van der Waals surface area contributed by atoms with E-state index in [4.69, 9.17) is 24.1 Å². The van der Waals surface area contributed by atoms with Crippen LogP contribution in [0.25, 0.3) is 0 Å². The Labute approximate surface area is 474 Å². The molecule has 2 unspecified atom stereocenters. The minimum atomic E-state index is -2.07. The molecule has 4 aromatic carbocycles. The molecule has 23 nitrogen and oxygen atoms in total. The second kappa shape index (κ2) is 24.4. The number of carbonyl (C=O) groups is 8. The summed E-state index contributed by atoms with van der Waals surface area (Å²) < 4.78 is 24.1. The van der Waals surface area contributed by atoms with Gasteiger partial charge in [-0.25, -0.2) is 0 Å². The highest BCUT2D eigenvalue weighted by Gasteiger charge is 2.49. The molecule has 438 valence electrons. The number of aliphatic hydroxyl groups excluding tert-OH is 6. The van der Waals surface area contributed by atoms with E-state index in [2.05, 4.69) is 11.1 Å². The molecular weight excluding hydrogens is 1100 g/mol. The van der Waals surface area contributed by atoms with Gasteiger partial charge in [0.15, 0.2) is 47.3 Å². The van der Waals surface area contributed by atoms with Gasteiger partial charge >= 0.3 is 5.97 Å². The number of hydrogen-bond donors (Lipinski definition) is 11. The Balaban J connectivity index is 0.000000215. The third-order valence-corrected chi connectivity index (χ3v) is 16.2. The van der Waals surface area contributed by atoms with Crippen molar-refractivity contribution in [1.29, 1.82) is 0 Å². The van der Waals surface area contributed by atoms with Crippen LogP contribution in [0.3, 0.4) is 0 Å². The van der Waals surface area contributed by atoms with Crippen LogP contribution in [0.1, 0.15) is 162 Å². The summed E-state index contributed by atoms with van der Waals surface area (Å²) in [5.41, 5.74) is 3.21. The Morgan fingerprint density at radius 2 is 1.05 bits per heavy atom. The zero-order chi connectivity index (χ0) is 58.6. The van der Waals surface area contributed by atoms with Gasteiger partial charge in [-0.3, -0.25) is 38.4 Å². The summed E-state index contributed by atoms with van der Waals surface area (Å²) in [6, 6.07) is 14.0. The molecule has 10 rings (SSSR count). The van der Waals surface area contributed by atoms with E-state index in [-0.39, 0.29) is 108 Å². The number of quaternary nitrogens is 1. The third kappa shape index (κ3) is 11.6. The number of ketones is 6. The summed E-state index contributed by atoms with van der Waals surface area (Å²) in [6.07, 6.45) is -8.66. The number of aliphatic carboxylic acids is 1. The number of Topliss-reactive ketones (excluding diaryl/α,β-unsaturated/α-hetero) is 2. The number of aliphatic hydroxyl groups is 8. The lowest BCUT2D eigenvalue weighted by Crippen LogP contribution is -3.00. The molecule has 0 aromatic heterocycles. The molecule has 82 heavy (non-hydrogen) atoms. The maximum atomic E-state index is 13.6. The minimum absolute atomic E-state index is 0. The van der Waals surface area contributed by atoms with Crippen LogP contribution >= 0.6 is 0 Å². The third-order valence-electron chi connectivity index (χ3n) is 16.2. The van der Waals surface area contributed by atoms with Gasteiger partial charge in [-0.05, 0) is 71.5 Å². The van der Waals surface area contributed by atoms with Crippen LogP contribution in [-0.4, -0.2) is 166 Å². The molecule has 1 amide bonds. The second-order valence-corrected chi connectivity index (χ2v) is 21.6. The van der Waals surface area contributed by atoms with Gasteiger partial charge in [0.2, 0.25) is 5.91 Å². The number of carboxylic acid groups (broad SMARTS) is 1. The molecular formula is C58H63ClN2O21. The fourth-order valence-electron chi connectivity index (χ4n) is 11.9. The smallest absolute Gasteiger partial charge is 0.303 e. The molecule has 2 fully saturated rings. The monoisotopic (exact) mass is 1160 g/mol. The predicted molar refractivity (Wildman–Crippen MR) is 275 cm³/mol. The second-order valence-electron chi connectivity index (χ2n) is 21.6. The first-order chi connectivity index (χ1) is 38.4. The van der Waals surface area contributed by atoms with Gasteiger partial charge in [-0.2, -0.15) is 0 Å². The molecule has 0 saturated carbocycles. The molecule has 0 radical (unpaired) electrons. The first-order valence-corrected chi connectivity index (χ1v) is 26.5. The molecule has 4 aromatic rings. The van der Waals surface area contributed by atoms with Crippen LogP contribution < -0.4 is 23.5 Å². The maximum Gasteiger partial charge on any atom is 0.303 e. The molecule has 2 heterocycles. The number of nitrogens with one attached hydrogen (secondary N) is 1. The Morgan fingerprint density at radius 1 is 0.622 bits per heavy atom. The number of hydrogen-bond acceptors (Lipinski definition) is 20. The summed E-state index contributed by atoms with van der Waals surface area (Å²) in [5.74, 6) is -5.16. The van der Waals surface area contributed by atoms with Crippen molar-refractivity contribution in [2.24, 2.45) is 0 Å². The van der Waals surface area contributed by atoms with Gasteiger partial charge in [-0.15, -0.1) is 0 Å². The zero-order valence-corrected chi connectivity index (χ0v) is 45.3. The van der Waals surface area contributed by atoms with Crippen LogP contribution in [0.15, 0.2) is 60.7 Å². The van der Waals surface area contributed by atoms with Crippen molar-refractivity contribution >= 4 is 46.6 Å². The fourth-order valence-corrected chi connectivity index (χ4v) is 11.9. The van der Waals surface area contributed by atoms with Crippen LogP contribution in [0.4, 0.5) is 0 Å². The van der Waals surface area contributed by atoms with Gasteiger partial charge in [0.25, 0.3) is 0 Å². The van der Waals surface area contributed by atoms with Crippen molar-refractivity contribution in [3.8, 4) is 0 Å². The van der Waals surface area contributed by atoms with Crippen LogP contribution in [0, 0.1) is 0 Å². The topological polar surface area (TPSA) is 395 Å². The number of carbonyl (C=O) groups excluding carboxylic acids is 7. The van der Waals surface area contributed by atoms with E-state index in [1.54, 1.807) is 44.2 Å². The number of fused-ring (bicyclic) bond motifs is 6. The largest absolute Gasteiger partial charge is 1.00 e. The molecule has 24 heteroatoms. The lowest BCUT2D eigenvalue weighted by atomic mass is 9.73. The van der Waals surface area contributed by atoms with Crippen molar-refractivity contribution in [2.75, 3.05) is 13.2 Å². The van der Waals surface area contributed by atoms with Crippen LogP contribution in [-0.2, 0) is 64.2 Å². The maximum absolute atomic E-state index is 13.6. The lowest BCUT2D eigenvalue weighted by molar-refractivity contribution is -0.466. The van der Waals surface area contributed by atoms with Gasteiger partial charge in [0.1, 0.15) is 42.7 Å². The standard InChI is InChI=1S/C31H33NO12.C27H29NO9.ClH/c1-14-28(39)21(32-24(36)5-6-25(37)38)9-26(43-14)44-22-11-31(42,23(35)13-34)10-16-7-19-20(8-18(16)22)30(41)27-15(12-33)3-2-4-17(27)29(19)40;1-12-24(32)19(28)7-22(36-12)37-20-9-27(35,21(31)11-30)8-14-5-17-18(6-16(14)20)26(34)23-13(10-29)3-2-4-15(23)25(17)33;/h2-4,7-8,14,21-22,26,28,33-34,39,42H,5-6,9-13H2,1H3,(H,32,36)(H,37,38);2-6,12,19-20,22,24,29-30,32,35H,7-11,28H2,1H3;1H/t14?,21-,22+,26+,28-,31+;12?,19-,20+,22+,24-,27+;/m11./s1. The highest BCUT2D eigenvalue weighted by molar-refractivity contribution is 6.30. The average molecular weight is 1160 g/mol. The van der Waals surface area contributed by atoms with Gasteiger partial charge in [0.05, 0.1) is 56.5 Å². The number of halogens is 1. The molecule has 13 N–H and O–H groups in total. The van der Waals surface area contributed by atoms with Crippen molar-refractivity contribution < 1.29 is 121 Å². The quantitative estimate of drug-likeness (QED) is 0.0503. The molecule has 0 bridgehead atoms. The number of amides is 1. The normalized spacial score (nSPS) is 28.8. The minimum Gasteiger partial charge on any atom is -1.00 e. The van der Waals surface area contributed by atoms with E-state index < -0.39 is 146 Å². The molecule has 2 saturated heterocycles. The molecule has 6 aliphatic rings. The van der Waals surface area contributed by atoms with Gasteiger partial charge in [-0.1, -0.05) is 36.4 Å². The van der Waals surface area contributed by atoms with Crippen molar-refractivity contribution in [3.63, 3.8) is 0 Å². The van der Waals surface area contributed by atoms with E-state index in [0.717, 1.165) is 0 Å². The summed E-state index contributed by atoms with van der Waals surface area (Å²) in [4.78, 5) is 102. The van der Waals surface area contributed by atoms with Crippen molar-refractivity contribution in [2.45, 2.75) is 151 Å². The van der Waals surface area contributed by atoms with Crippen molar-refractivity contribution in [3.05, 3.63) is 139 Å². The summed E-state index contributed by atoms with van der Waals surface area (Å²) >= 11 is 0. The molecule has 4 aliphatic carbocycles. The van der Waals surface area contributed by atoms with E-state index >= 15 is 0 Å². The fraction of sp³-hybridized carbons (Fsp3) is 0.448. The van der Waals surface area contributed by atoms with E-state index in [1.165, 1.54) is 30.3 Å². The number of ether oxygens (including phenoxy) is 4. The Morgan fingerprint density at radius 3 is 1.46 bits per heavy atom. The summed E-state index contributed by atoms with van der Waals surface area (Å²) in [7, 11) is 0. The SMILES string of the molecule is CC1O[C@@H](O[C@H]2C[C@](O)(C(=O)CO)Cc3cc4c(cc32)C(=O)c2c(CO)cccc2C4=O)C[C@@H](NC(=O)CCC(=O)O)[C@@H]1O.CC1O[C@@H](O[C@H]2C[C@](O)(C(=O)CO)Cc3cc4c(cc32)C(=O)c2c(CO)cccc2C4=O)C[C@@H]([NH3+])[C@@H]1O.[Cl-]. The number of rotatable bonds is 14. The predicted octanol–water partition coefficient (Wildman–Crippen LogP) is -3.54. The highest BCUT2D eigenvalue weighted by Crippen LogP contribution is 2.46. The van der Waals surface area contributed by atoms with Gasteiger partial charge in [0, 0.05) is 83.0 Å². The zero-order valence-electron chi connectivity index (χ0n) is 44.5. The Kier molecular flexibility index (Phi) is 18.4. The highest BCUT2D eigenvalue weighted by atomic mass is 35.5. The Hall–Kier alpha value is -6.39. The summed E-state index contributed by atoms with van der Waals surface area (Å²) in [6.45, 7) is 0.555.